The molecule has 0 unspecified atom stereocenters. The van der Waals surface area contributed by atoms with Crippen molar-refractivity contribution in [1.29, 1.82) is 0 Å². The van der Waals surface area contributed by atoms with E-state index >= 15 is 0 Å². The molecule has 2 aliphatic rings. The first kappa shape index (κ1) is 40.8. The lowest BCUT2D eigenvalue weighted by molar-refractivity contribution is 0.0374. The van der Waals surface area contributed by atoms with Crippen LogP contribution in [0.1, 0.15) is 60.2 Å². The summed E-state index contributed by atoms with van der Waals surface area (Å²) in [6.07, 6.45) is 13.4. The minimum atomic E-state index is -0.117. The van der Waals surface area contributed by atoms with E-state index in [1.165, 1.54) is 4.80 Å². The smallest absolute Gasteiger partial charge is 0.256 e. The van der Waals surface area contributed by atoms with Crippen molar-refractivity contribution < 1.29 is 19.1 Å². The molecule has 13 nitrogen and oxygen atoms in total. The van der Waals surface area contributed by atoms with E-state index in [2.05, 4.69) is 44.0 Å². The standard InChI is InChI=1S/C26H24N4O2.C24H23N5O2/c1-18-11-12-20(32-25-21-8-3-2-7-19(21)13-16-29-25)17-30(18)26(31)23-10-5-4-9-22(23)24-27-14-6-15-28-24;1-17-10-11-19(31-23-20-7-3-2-6-18(20)12-13-25-23)16-28(17)24(30)21-8-4-5-9-22(21)29-26-14-15-27-29/h2-10,13-16,18,20H,11-12,17H2,1H3;2-9,12-15,17,19H,10-11,16H2,1H3/t18-,20-;17-,19-/m11/s1. The number of carbonyl (C=O) groups excluding carboxylic acids is 2. The van der Waals surface area contributed by atoms with Gasteiger partial charge in [-0.15, -0.1) is 0 Å². The molecule has 0 radical (unpaired) electrons. The Morgan fingerprint density at radius 1 is 0.508 bits per heavy atom. The molecule has 316 valence electrons. The molecular weight excluding hydrogens is 791 g/mol. The average molecular weight is 838 g/mol. The highest BCUT2D eigenvalue weighted by molar-refractivity contribution is 6.00. The van der Waals surface area contributed by atoms with Gasteiger partial charge in [-0.05, 0) is 98.8 Å². The number of ether oxygens (including phenoxy) is 2. The second-order valence-corrected chi connectivity index (χ2v) is 15.9. The highest BCUT2D eigenvalue weighted by atomic mass is 16.5. The first-order valence-electron chi connectivity index (χ1n) is 21.4. The fourth-order valence-electron chi connectivity index (χ4n) is 8.37. The summed E-state index contributed by atoms with van der Waals surface area (Å²) in [6, 6.07) is 37.0. The Morgan fingerprint density at radius 3 is 1.59 bits per heavy atom. The maximum Gasteiger partial charge on any atom is 0.256 e. The molecule has 2 aliphatic heterocycles. The molecular formula is C50H47N9O4. The van der Waals surface area contributed by atoms with Crippen LogP contribution in [0.2, 0.25) is 0 Å². The predicted molar refractivity (Wildman–Crippen MR) is 241 cm³/mol. The van der Waals surface area contributed by atoms with Crippen molar-refractivity contribution in [2.75, 3.05) is 13.1 Å². The second-order valence-electron chi connectivity index (χ2n) is 15.9. The number of amides is 2. The molecule has 13 heteroatoms. The third-order valence-electron chi connectivity index (χ3n) is 11.8. The second kappa shape index (κ2) is 18.6. The fraction of sp³-hybridized carbons (Fsp3) is 0.240. The zero-order valence-corrected chi connectivity index (χ0v) is 35.1. The molecule has 2 saturated heterocycles. The zero-order valence-electron chi connectivity index (χ0n) is 35.1. The van der Waals surface area contributed by atoms with Crippen molar-refractivity contribution in [3.8, 4) is 28.8 Å². The topological polar surface area (TPSA) is 141 Å². The van der Waals surface area contributed by atoms with Crippen molar-refractivity contribution in [3.05, 3.63) is 164 Å². The number of fused-ring (bicyclic) bond motifs is 2. The highest BCUT2D eigenvalue weighted by Crippen LogP contribution is 2.31. The van der Waals surface area contributed by atoms with Crippen LogP contribution < -0.4 is 9.47 Å². The van der Waals surface area contributed by atoms with E-state index in [-0.39, 0.29) is 36.1 Å². The SMILES string of the molecule is C[C@@H]1CC[C@@H](Oc2nccc3ccccc23)CN1C(=O)c1ccccc1-c1ncccn1.C[C@@H]1CC[C@@H](Oc2nccc3ccccc23)CN1C(=O)c1ccccc1-n1nccn1. The van der Waals surface area contributed by atoms with Gasteiger partial charge in [-0.1, -0.05) is 66.7 Å². The molecule has 6 heterocycles. The minimum Gasteiger partial charge on any atom is -0.472 e. The van der Waals surface area contributed by atoms with Gasteiger partial charge in [0.25, 0.3) is 11.8 Å². The van der Waals surface area contributed by atoms with Crippen LogP contribution in [0.3, 0.4) is 0 Å². The van der Waals surface area contributed by atoms with Gasteiger partial charge in [-0.3, -0.25) is 9.59 Å². The summed E-state index contributed by atoms with van der Waals surface area (Å²) >= 11 is 0. The number of carbonyl (C=O) groups is 2. The van der Waals surface area contributed by atoms with Gasteiger partial charge < -0.3 is 19.3 Å². The number of aromatic nitrogens is 7. The molecule has 2 fully saturated rings. The number of hydrogen-bond acceptors (Lipinski definition) is 10. The van der Waals surface area contributed by atoms with Gasteiger partial charge in [0, 0.05) is 53.2 Å². The van der Waals surface area contributed by atoms with Gasteiger partial charge in [0.2, 0.25) is 11.8 Å². The summed E-state index contributed by atoms with van der Waals surface area (Å²) in [5, 5.41) is 12.5. The van der Waals surface area contributed by atoms with Gasteiger partial charge in [-0.25, -0.2) is 19.9 Å². The zero-order chi connectivity index (χ0) is 43.1. The molecule has 10 rings (SSSR count). The molecule has 0 aliphatic carbocycles. The summed E-state index contributed by atoms with van der Waals surface area (Å²) in [5.74, 6) is 1.72. The van der Waals surface area contributed by atoms with E-state index in [0.29, 0.717) is 47.5 Å². The van der Waals surface area contributed by atoms with Crippen LogP contribution >= 0.6 is 0 Å². The van der Waals surface area contributed by atoms with E-state index in [4.69, 9.17) is 9.47 Å². The Bertz CT molecular complexity index is 2830. The third-order valence-corrected chi connectivity index (χ3v) is 11.8. The Morgan fingerprint density at radius 2 is 1.00 bits per heavy atom. The maximum absolute atomic E-state index is 13.6. The van der Waals surface area contributed by atoms with Crippen LogP contribution in [-0.2, 0) is 0 Å². The molecule has 63 heavy (non-hydrogen) atoms. The minimum absolute atomic E-state index is 0.0280. The van der Waals surface area contributed by atoms with Gasteiger partial charge in [-0.2, -0.15) is 15.0 Å². The fourth-order valence-corrected chi connectivity index (χ4v) is 8.37. The van der Waals surface area contributed by atoms with Crippen LogP contribution in [0.4, 0.5) is 0 Å². The van der Waals surface area contributed by atoms with E-state index in [9.17, 15) is 9.59 Å². The van der Waals surface area contributed by atoms with Gasteiger partial charge >= 0.3 is 0 Å². The number of benzene rings is 4. The lowest BCUT2D eigenvalue weighted by Crippen LogP contribution is -2.49. The molecule has 0 saturated carbocycles. The first-order valence-corrected chi connectivity index (χ1v) is 21.4. The molecule has 0 bridgehead atoms. The molecule has 4 aromatic carbocycles. The van der Waals surface area contributed by atoms with Crippen LogP contribution in [-0.4, -0.2) is 93.9 Å². The van der Waals surface area contributed by atoms with Crippen LogP contribution in [0.15, 0.2) is 152 Å². The number of piperidine rings is 2. The number of likely N-dealkylation sites (tertiary alicyclic amines) is 2. The predicted octanol–water partition coefficient (Wildman–Crippen LogP) is 8.65. The number of hydrogen-bond donors (Lipinski definition) is 0. The lowest BCUT2D eigenvalue weighted by atomic mass is 9.98. The van der Waals surface area contributed by atoms with Crippen LogP contribution in [0, 0.1) is 0 Å². The normalized spacial score (nSPS) is 18.6. The van der Waals surface area contributed by atoms with Crippen molar-refractivity contribution in [3.63, 3.8) is 0 Å². The van der Waals surface area contributed by atoms with Gasteiger partial charge in [0.05, 0.1) is 42.3 Å². The quantitative estimate of drug-likeness (QED) is 0.146. The average Bonchev–Trinajstić information content (AvgIpc) is 3.89. The Labute approximate surface area is 365 Å². The van der Waals surface area contributed by atoms with E-state index in [0.717, 1.165) is 52.8 Å². The van der Waals surface area contributed by atoms with Crippen molar-refractivity contribution in [2.45, 2.75) is 63.8 Å². The van der Waals surface area contributed by atoms with Crippen LogP contribution in [0.5, 0.6) is 11.8 Å². The lowest BCUT2D eigenvalue weighted by Gasteiger charge is -2.38. The summed E-state index contributed by atoms with van der Waals surface area (Å²) in [4.78, 5) is 50.0. The van der Waals surface area contributed by atoms with Gasteiger partial charge in [0.15, 0.2) is 5.82 Å². The summed E-state index contributed by atoms with van der Waals surface area (Å²) < 4.78 is 12.6. The number of nitrogens with zero attached hydrogens (tertiary/aromatic N) is 9. The number of pyridine rings is 2. The summed E-state index contributed by atoms with van der Waals surface area (Å²) in [5.41, 5.74) is 2.59. The summed E-state index contributed by atoms with van der Waals surface area (Å²) in [7, 11) is 0. The highest BCUT2D eigenvalue weighted by Gasteiger charge is 2.34. The monoisotopic (exact) mass is 837 g/mol. The Balaban J connectivity index is 0.000000160. The van der Waals surface area contributed by atoms with Crippen molar-refractivity contribution >= 4 is 33.4 Å². The molecule has 8 aromatic rings. The summed E-state index contributed by atoms with van der Waals surface area (Å²) in [6.45, 7) is 5.19. The molecule has 4 aromatic heterocycles. The Hall–Kier alpha value is -7.54. The third kappa shape index (κ3) is 8.94. The van der Waals surface area contributed by atoms with Crippen molar-refractivity contribution in [2.24, 2.45) is 0 Å². The number of para-hydroxylation sites is 1. The van der Waals surface area contributed by atoms with Gasteiger partial charge in [0.1, 0.15) is 12.2 Å². The molecule has 0 spiro atoms. The van der Waals surface area contributed by atoms with E-state index < -0.39 is 0 Å². The first-order chi connectivity index (χ1) is 30.9. The largest absolute Gasteiger partial charge is 0.472 e. The van der Waals surface area contributed by atoms with E-state index in [1.807, 2.05) is 119 Å². The maximum atomic E-state index is 13.6. The van der Waals surface area contributed by atoms with Crippen LogP contribution in [0.25, 0.3) is 38.6 Å². The Kier molecular flexibility index (Phi) is 12.1. The van der Waals surface area contributed by atoms with E-state index in [1.54, 1.807) is 43.2 Å². The number of rotatable bonds is 8. The van der Waals surface area contributed by atoms with Crippen molar-refractivity contribution in [1.82, 2.24) is 44.7 Å². The molecule has 2 amide bonds. The molecule has 0 N–H and O–H groups in total. The molecule has 4 atom stereocenters.